The molecule has 178 valence electrons. The van der Waals surface area contributed by atoms with Gasteiger partial charge >= 0.3 is 0 Å². The van der Waals surface area contributed by atoms with E-state index in [9.17, 15) is 4.79 Å². The molecular weight excluding hydrogens is 450 g/mol. The van der Waals surface area contributed by atoms with Gasteiger partial charge in [0.25, 0.3) is 5.56 Å². The number of oxazole rings is 1. The van der Waals surface area contributed by atoms with Crippen LogP contribution in [-0.2, 0) is 17.0 Å². The highest BCUT2D eigenvalue weighted by Gasteiger charge is 2.16. The lowest BCUT2D eigenvalue weighted by Gasteiger charge is -2.13. The maximum absolute atomic E-state index is 13.2. The third-order valence-corrected chi connectivity index (χ3v) is 6.36. The Hall–Kier alpha value is -3.10. The number of methoxy groups -OCH3 is 1. The average Bonchev–Trinajstić information content (AvgIpc) is 3.22. The average molecular weight is 480 g/mol. The second-order valence-electron chi connectivity index (χ2n) is 8.18. The molecule has 0 aliphatic rings. The predicted octanol–water partition coefficient (Wildman–Crippen LogP) is 5.48. The Morgan fingerprint density at radius 2 is 1.85 bits per heavy atom. The van der Waals surface area contributed by atoms with Crippen LogP contribution in [0.4, 0.5) is 0 Å². The van der Waals surface area contributed by atoms with Gasteiger partial charge in [-0.1, -0.05) is 23.9 Å². The van der Waals surface area contributed by atoms with E-state index in [1.165, 1.54) is 11.8 Å². The molecule has 0 bridgehead atoms. The largest absolute Gasteiger partial charge is 0.497 e. The Balaban J connectivity index is 1.57. The molecule has 8 heteroatoms. The summed E-state index contributed by atoms with van der Waals surface area (Å²) in [7, 11) is 1.64. The van der Waals surface area contributed by atoms with Crippen molar-refractivity contribution in [1.82, 2.24) is 14.5 Å². The molecule has 0 aliphatic carbocycles. The first-order chi connectivity index (χ1) is 16.5. The molecule has 2 heterocycles. The Bertz CT molecular complexity index is 1310. The summed E-state index contributed by atoms with van der Waals surface area (Å²) in [5.41, 5.74) is 2.37. The van der Waals surface area contributed by atoms with Crippen LogP contribution in [0.15, 0.2) is 62.9 Å². The Morgan fingerprint density at radius 1 is 1.09 bits per heavy atom. The topological polar surface area (TPSA) is 79.4 Å². The molecular formula is C26H29N3O4S. The van der Waals surface area contributed by atoms with Crippen LogP contribution in [0.5, 0.6) is 5.75 Å². The van der Waals surface area contributed by atoms with Crippen molar-refractivity contribution < 1.29 is 13.9 Å². The lowest BCUT2D eigenvalue weighted by Crippen LogP contribution is -2.24. The minimum Gasteiger partial charge on any atom is -0.497 e. The molecule has 0 aliphatic heterocycles. The van der Waals surface area contributed by atoms with Crippen molar-refractivity contribution in [1.29, 1.82) is 0 Å². The SMILES string of the molecule is COc1ccc(-c2nc(CSc3nc4ccccc4c(=O)n3CCCOC(C)C)c(C)o2)cc1. The van der Waals surface area contributed by atoms with E-state index in [1.54, 1.807) is 11.7 Å². The molecule has 2 aromatic heterocycles. The molecule has 34 heavy (non-hydrogen) atoms. The van der Waals surface area contributed by atoms with Gasteiger partial charge in [0.15, 0.2) is 5.16 Å². The molecule has 0 N–H and O–H groups in total. The highest BCUT2D eigenvalue weighted by Crippen LogP contribution is 2.28. The summed E-state index contributed by atoms with van der Waals surface area (Å²) in [6.45, 7) is 7.05. The lowest BCUT2D eigenvalue weighted by molar-refractivity contribution is 0.0743. The zero-order valence-corrected chi connectivity index (χ0v) is 20.7. The van der Waals surface area contributed by atoms with Crippen LogP contribution in [-0.4, -0.2) is 34.4 Å². The summed E-state index contributed by atoms with van der Waals surface area (Å²) in [5, 5.41) is 1.29. The Kier molecular flexibility index (Phi) is 7.70. The molecule has 0 fully saturated rings. The van der Waals surface area contributed by atoms with Crippen LogP contribution in [0.1, 0.15) is 31.7 Å². The summed E-state index contributed by atoms with van der Waals surface area (Å²) in [4.78, 5) is 22.7. The highest BCUT2D eigenvalue weighted by atomic mass is 32.2. The van der Waals surface area contributed by atoms with Gasteiger partial charge in [0.05, 0.1) is 29.8 Å². The molecule has 2 aromatic carbocycles. The Labute approximate surface area is 203 Å². The minimum atomic E-state index is -0.0338. The summed E-state index contributed by atoms with van der Waals surface area (Å²) >= 11 is 1.49. The van der Waals surface area contributed by atoms with E-state index < -0.39 is 0 Å². The number of thioether (sulfide) groups is 1. The summed E-state index contributed by atoms with van der Waals surface area (Å²) < 4.78 is 18.5. The van der Waals surface area contributed by atoms with Crippen LogP contribution in [0.3, 0.4) is 0 Å². The number of nitrogens with zero attached hydrogens (tertiary/aromatic N) is 3. The van der Waals surface area contributed by atoms with Gasteiger partial charge in [-0.05, 0) is 63.6 Å². The van der Waals surface area contributed by atoms with Gasteiger partial charge in [0.2, 0.25) is 5.89 Å². The van der Waals surface area contributed by atoms with E-state index in [2.05, 4.69) is 0 Å². The number of aryl methyl sites for hydroxylation is 1. The summed E-state index contributed by atoms with van der Waals surface area (Å²) in [5.74, 6) is 2.63. The van der Waals surface area contributed by atoms with Crippen molar-refractivity contribution in [3.8, 4) is 17.2 Å². The smallest absolute Gasteiger partial charge is 0.262 e. The first-order valence-electron chi connectivity index (χ1n) is 11.3. The normalized spacial score (nSPS) is 11.4. The first kappa shape index (κ1) is 24.0. The maximum atomic E-state index is 13.2. The van der Waals surface area contributed by atoms with Crippen LogP contribution >= 0.6 is 11.8 Å². The van der Waals surface area contributed by atoms with Crippen molar-refractivity contribution in [2.75, 3.05) is 13.7 Å². The monoisotopic (exact) mass is 479 g/mol. The zero-order chi connectivity index (χ0) is 24.1. The number of fused-ring (bicyclic) bond motifs is 1. The van der Waals surface area contributed by atoms with E-state index in [-0.39, 0.29) is 11.7 Å². The molecule has 4 rings (SSSR count). The van der Waals surface area contributed by atoms with Crippen molar-refractivity contribution in [3.05, 3.63) is 70.3 Å². The van der Waals surface area contributed by atoms with E-state index in [1.807, 2.05) is 69.3 Å². The minimum absolute atomic E-state index is 0.0338. The number of hydrogen-bond acceptors (Lipinski definition) is 7. The third kappa shape index (κ3) is 5.51. The number of benzene rings is 2. The molecule has 0 atom stereocenters. The third-order valence-electron chi connectivity index (χ3n) is 5.37. The fraction of sp³-hybridized carbons (Fsp3) is 0.346. The molecule has 7 nitrogen and oxygen atoms in total. The quantitative estimate of drug-likeness (QED) is 0.169. The zero-order valence-electron chi connectivity index (χ0n) is 19.9. The van der Waals surface area contributed by atoms with Crippen LogP contribution in [0.2, 0.25) is 0 Å². The van der Waals surface area contributed by atoms with Crippen molar-refractivity contribution in [2.24, 2.45) is 0 Å². The molecule has 4 aromatic rings. The van der Waals surface area contributed by atoms with Gasteiger partial charge < -0.3 is 13.9 Å². The van der Waals surface area contributed by atoms with Crippen molar-refractivity contribution in [3.63, 3.8) is 0 Å². The molecule has 0 saturated carbocycles. The number of rotatable bonds is 10. The van der Waals surface area contributed by atoms with Gasteiger partial charge in [-0.2, -0.15) is 0 Å². The van der Waals surface area contributed by atoms with Gasteiger partial charge in [-0.25, -0.2) is 9.97 Å². The van der Waals surface area contributed by atoms with Gasteiger partial charge in [0.1, 0.15) is 11.5 Å². The first-order valence-corrected chi connectivity index (χ1v) is 12.3. The van der Waals surface area contributed by atoms with E-state index >= 15 is 0 Å². The van der Waals surface area contributed by atoms with Gasteiger partial charge in [-0.3, -0.25) is 9.36 Å². The fourth-order valence-electron chi connectivity index (χ4n) is 3.55. The highest BCUT2D eigenvalue weighted by molar-refractivity contribution is 7.98. The summed E-state index contributed by atoms with van der Waals surface area (Å²) in [6, 6.07) is 15.1. The number of para-hydroxylation sites is 1. The van der Waals surface area contributed by atoms with Crippen LogP contribution in [0, 0.1) is 6.92 Å². The van der Waals surface area contributed by atoms with Gasteiger partial charge in [0, 0.05) is 24.5 Å². The molecule has 0 unspecified atom stereocenters. The number of aromatic nitrogens is 3. The van der Waals surface area contributed by atoms with Crippen LogP contribution < -0.4 is 10.3 Å². The molecule has 0 radical (unpaired) electrons. The molecule has 0 saturated heterocycles. The van der Waals surface area contributed by atoms with E-state index in [4.69, 9.17) is 23.9 Å². The molecule has 0 spiro atoms. The van der Waals surface area contributed by atoms with Crippen molar-refractivity contribution >= 4 is 22.7 Å². The van der Waals surface area contributed by atoms with Crippen LogP contribution in [0.25, 0.3) is 22.4 Å². The standard InChI is InChI=1S/C26H29N3O4S/c1-17(2)32-15-7-14-29-25(30)21-8-5-6-9-22(21)28-26(29)34-16-23-18(3)33-24(27-23)19-10-12-20(31-4)13-11-19/h5-6,8-13,17H,7,14-16H2,1-4H3. The van der Waals surface area contributed by atoms with E-state index in [0.717, 1.165) is 29.2 Å². The van der Waals surface area contributed by atoms with Crippen molar-refractivity contribution in [2.45, 2.75) is 50.8 Å². The second kappa shape index (κ2) is 10.9. The van der Waals surface area contributed by atoms with Gasteiger partial charge in [-0.15, -0.1) is 0 Å². The predicted molar refractivity (Wildman–Crippen MR) is 134 cm³/mol. The summed E-state index contributed by atoms with van der Waals surface area (Å²) in [6.07, 6.45) is 0.895. The number of ether oxygens (including phenoxy) is 2. The fourth-order valence-corrected chi connectivity index (χ4v) is 4.58. The Morgan fingerprint density at radius 3 is 2.59 bits per heavy atom. The number of hydrogen-bond donors (Lipinski definition) is 0. The lowest BCUT2D eigenvalue weighted by atomic mass is 10.2. The second-order valence-corrected chi connectivity index (χ2v) is 9.12. The van der Waals surface area contributed by atoms with E-state index in [0.29, 0.717) is 40.9 Å². The molecule has 0 amide bonds. The maximum Gasteiger partial charge on any atom is 0.262 e.